The standard InChI is InChI=1S/C25H46N2O9.C2H6/c1-17-23(32)24(33)20(16-29)36-25(17)35-12-8-4-5-9-21(30)26-11-7-3-6-10-22(31)27-14-19(34-2)13-18(27)15-28;1-2/h17-20,23-25,28-29,32-33H,3-16H2,1-2H3,(H,26,30);1-2H3/t17?,18-,19+,20?,23+,24-,25+;/m0./s1. The van der Waals surface area contributed by atoms with E-state index in [1.54, 1.807) is 18.9 Å². The quantitative estimate of drug-likeness (QED) is 0.177. The lowest BCUT2D eigenvalue weighted by Crippen LogP contribution is -2.55. The fourth-order valence-corrected chi connectivity index (χ4v) is 4.74. The minimum atomic E-state index is -1.13. The number of nitrogens with one attached hydrogen (secondary N) is 1. The molecule has 0 aliphatic carbocycles. The van der Waals surface area contributed by atoms with Crippen molar-refractivity contribution >= 4 is 11.8 Å². The summed E-state index contributed by atoms with van der Waals surface area (Å²) in [6, 6.07) is -0.155. The average Bonchev–Trinajstić information content (AvgIpc) is 3.37. The zero-order chi connectivity index (χ0) is 28.5. The number of hydrogen-bond donors (Lipinski definition) is 5. The lowest BCUT2D eigenvalue weighted by atomic mass is 9.92. The van der Waals surface area contributed by atoms with Gasteiger partial charge in [-0.2, -0.15) is 0 Å². The highest BCUT2D eigenvalue weighted by Gasteiger charge is 2.42. The van der Waals surface area contributed by atoms with Gasteiger partial charge in [0.15, 0.2) is 6.29 Å². The molecule has 2 rings (SSSR count). The van der Waals surface area contributed by atoms with E-state index in [0.29, 0.717) is 39.0 Å². The molecule has 224 valence electrons. The van der Waals surface area contributed by atoms with Gasteiger partial charge in [-0.1, -0.05) is 33.6 Å². The molecule has 0 spiro atoms. The van der Waals surface area contributed by atoms with Gasteiger partial charge in [-0.3, -0.25) is 9.59 Å². The lowest BCUT2D eigenvalue weighted by Gasteiger charge is -2.40. The van der Waals surface area contributed by atoms with E-state index in [4.69, 9.17) is 14.2 Å². The molecule has 0 aromatic rings. The second-order valence-corrected chi connectivity index (χ2v) is 9.88. The van der Waals surface area contributed by atoms with E-state index in [1.807, 2.05) is 13.8 Å². The third-order valence-corrected chi connectivity index (χ3v) is 7.15. The molecule has 7 atom stereocenters. The molecule has 2 unspecified atom stereocenters. The van der Waals surface area contributed by atoms with Crippen molar-refractivity contribution in [1.82, 2.24) is 10.2 Å². The minimum Gasteiger partial charge on any atom is -0.394 e. The summed E-state index contributed by atoms with van der Waals surface area (Å²) in [5, 5.41) is 41.6. The number of carbonyl (C=O) groups excluding carboxylic acids is 2. The molecule has 0 aromatic heterocycles. The Kier molecular flexibility index (Phi) is 18.0. The molecule has 38 heavy (non-hydrogen) atoms. The van der Waals surface area contributed by atoms with E-state index in [0.717, 1.165) is 38.5 Å². The van der Waals surface area contributed by atoms with Crippen LogP contribution in [0.15, 0.2) is 0 Å². The smallest absolute Gasteiger partial charge is 0.222 e. The Morgan fingerprint density at radius 1 is 0.974 bits per heavy atom. The Morgan fingerprint density at radius 3 is 2.32 bits per heavy atom. The van der Waals surface area contributed by atoms with Crippen LogP contribution in [0.3, 0.4) is 0 Å². The minimum absolute atomic E-state index is 0.00703. The summed E-state index contributed by atoms with van der Waals surface area (Å²) in [6.07, 6.45) is 2.51. The molecule has 2 aliphatic heterocycles. The van der Waals surface area contributed by atoms with Crippen molar-refractivity contribution in [1.29, 1.82) is 0 Å². The summed E-state index contributed by atoms with van der Waals surface area (Å²) in [4.78, 5) is 26.2. The summed E-state index contributed by atoms with van der Waals surface area (Å²) < 4.78 is 16.5. The molecule has 0 saturated carbocycles. The maximum Gasteiger partial charge on any atom is 0.222 e. The summed E-state index contributed by atoms with van der Waals surface area (Å²) in [5.41, 5.74) is 0. The van der Waals surface area contributed by atoms with E-state index in [1.165, 1.54) is 0 Å². The highest BCUT2D eigenvalue weighted by Crippen LogP contribution is 2.27. The first-order chi connectivity index (χ1) is 18.3. The molecule has 0 radical (unpaired) electrons. The molecular weight excluding hydrogens is 496 g/mol. The average molecular weight is 549 g/mol. The number of nitrogens with zero attached hydrogens (tertiary/aromatic N) is 1. The highest BCUT2D eigenvalue weighted by atomic mass is 16.7. The Balaban J connectivity index is 0.00000352. The van der Waals surface area contributed by atoms with Crippen LogP contribution in [0.4, 0.5) is 0 Å². The Bertz CT molecular complexity index is 652. The summed E-state index contributed by atoms with van der Waals surface area (Å²) in [5.74, 6) is -0.354. The number of rotatable bonds is 16. The van der Waals surface area contributed by atoms with Crippen LogP contribution < -0.4 is 5.32 Å². The zero-order valence-corrected chi connectivity index (χ0v) is 23.7. The van der Waals surface area contributed by atoms with E-state index in [9.17, 15) is 30.0 Å². The fourth-order valence-electron chi connectivity index (χ4n) is 4.74. The summed E-state index contributed by atoms with van der Waals surface area (Å²) in [6.45, 7) is 6.82. The predicted octanol–water partition coefficient (Wildman–Crippen LogP) is 0.950. The Labute approximate surface area is 227 Å². The third-order valence-electron chi connectivity index (χ3n) is 7.15. The number of aliphatic hydroxyl groups excluding tert-OH is 4. The zero-order valence-electron chi connectivity index (χ0n) is 23.7. The van der Waals surface area contributed by atoms with Crippen molar-refractivity contribution in [2.75, 3.05) is 40.0 Å². The largest absolute Gasteiger partial charge is 0.394 e. The van der Waals surface area contributed by atoms with Gasteiger partial charge < -0.3 is 44.9 Å². The van der Waals surface area contributed by atoms with Crippen LogP contribution in [-0.2, 0) is 23.8 Å². The van der Waals surface area contributed by atoms with Crippen molar-refractivity contribution in [3.8, 4) is 0 Å². The van der Waals surface area contributed by atoms with Gasteiger partial charge >= 0.3 is 0 Å². The Morgan fingerprint density at radius 2 is 1.66 bits per heavy atom. The van der Waals surface area contributed by atoms with Gasteiger partial charge in [0.25, 0.3) is 0 Å². The van der Waals surface area contributed by atoms with E-state index in [-0.39, 0.29) is 30.6 Å². The normalized spacial score (nSPS) is 29.1. The lowest BCUT2D eigenvalue weighted by molar-refractivity contribution is -0.282. The maximum absolute atomic E-state index is 12.4. The first-order valence-corrected chi connectivity index (χ1v) is 14.3. The molecule has 0 bridgehead atoms. The molecule has 5 N–H and O–H groups in total. The molecule has 2 amide bonds. The number of methoxy groups -OCH3 is 1. The van der Waals surface area contributed by atoms with Gasteiger partial charge in [-0.15, -0.1) is 0 Å². The third kappa shape index (κ3) is 11.4. The Hall–Kier alpha value is -1.34. The second kappa shape index (κ2) is 19.7. The molecule has 0 aromatic carbocycles. The number of unbranched alkanes of at least 4 members (excludes halogenated alkanes) is 4. The van der Waals surface area contributed by atoms with Crippen LogP contribution in [-0.4, -0.2) is 114 Å². The van der Waals surface area contributed by atoms with Crippen molar-refractivity contribution < 1.29 is 44.2 Å². The molecule has 2 fully saturated rings. The van der Waals surface area contributed by atoms with Gasteiger partial charge in [-0.25, -0.2) is 0 Å². The summed E-state index contributed by atoms with van der Waals surface area (Å²) in [7, 11) is 1.62. The number of likely N-dealkylation sites (tertiary alicyclic amines) is 1. The topological polar surface area (TPSA) is 158 Å². The van der Waals surface area contributed by atoms with Gasteiger partial charge in [0.05, 0.1) is 31.5 Å². The first kappa shape index (κ1) is 34.7. The van der Waals surface area contributed by atoms with Crippen LogP contribution in [0.25, 0.3) is 0 Å². The monoisotopic (exact) mass is 548 g/mol. The molecule has 11 nitrogen and oxygen atoms in total. The molecule has 11 heteroatoms. The predicted molar refractivity (Wildman–Crippen MR) is 142 cm³/mol. The maximum atomic E-state index is 12.4. The molecule has 2 aliphatic rings. The van der Waals surface area contributed by atoms with E-state index < -0.39 is 37.1 Å². The van der Waals surface area contributed by atoms with Crippen molar-refractivity contribution in [3.05, 3.63) is 0 Å². The van der Waals surface area contributed by atoms with Crippen LogP contribution in [0.5, 0.6) is 0 Å². The van der Waals surface area contributed by atoms with E-state index in [2.05, 4.69) is 5.32 Å². The number of ether oxygens (including phenoxy) is 3. The summed E-state index contributed by atoms with van der Waals surface area (Å²) >= 11 is 0. The SMILES string of the molecule is CC.CO[C@@H]1C[C@@H](CO)N(C(=O)CCCCCNC(=O)CCCCCO[C@@H]2OC(CO)[C@H](O)[C@H](O)C2C)C1. The van der Waals surface area contributed by atoms with Crippen molar-refractivity contribution in [2.45, 2.75) is 115 Å². The molecular formula is C27H52N2O9. The fraction of sp³-hybridized carbons (Fsp3) is 0.926. The van der Waals surface area contributed by atoms with E-state index >= 15 is 0 Å². The van der Waals surface area contributed by atoms with Crippen LogP contribution in [0.2, 0.25) is 0 Å². The molecule has 2 saturated heterocycles. The van der Waals surface area contributed by atoms with Gasteiger partial charge in [0, 0.05) is 45.6 Å². The number of carbonyl (C=O) groups is 2. The van der Waals surface area contributed by atoms with Gasteiger partial charge in [-0.05, 0) is 32.1 Å². The van der Waals surface area contributed by atoms with Gasteiger partial charge in [0.2, 0.25) is 11.8 Å². The van der Waals surface area contributed by atoms with Crippen LogP contribution in [0.1, 0.15) is 78.6 Å². The van der Waals surface area contributed by atoms with Crippen LogP contribution in [0, 0.1) is 5.92 Å². The number of amides is 2. The first-order valence-electron chi connectivity index (χ1n) is 14.3. The van der Waals surface area contributed by atoms with Crippen molar-refractivity contribution in [3.63, 3.8) is 0 Å². The molecule has 2 heterocycles. The van der Waals surface area contributed by atoms with Crippen molar-refractivity contribution in [2.24, 2.45) is 5.92 Å². The number of aliphatic hydroxyl groups is 4. The highest BCUT2D eigenvalue weighted by molar-refractivity contribution is 5.77. The van der Waals surface area contributed by atoms with Crippen LogP contribution >= 0.6 is 0 Å². The number of hydrogen-bond acceptors (Lipinski definition) is 9. The van der Waals surface area contributed by atoms with Gasteiger partial charge in [0.1, 0.15) is 12.2 Å². The second-order valence-electron chi connectivity index (χ2n) is 9.88.